The molecule has 0 atom stereocenters. The number of amides is 1. The maximum Gasteiger partial charge on any atom is 0.316 e. The van der Waals surface area contributed by atoms with Crippen molar-refractivity contribution in [3.63, 3.8) is 0 Å². The first kappa shape index (κ1) is 16.6. The number of hydrogen-bond acceptors (Lipinski definition) is 5. The van der Waals surface area contributed by atoms with Gasteiger partial charge >= 0.3 is 6.01 Å². The normalized spacial score (nSPS) is 10.5. The van der Waals surface area contributed by atoms with Gasteiger partial charge in [0, 0.05) is 18.0 Å². The van der Waals surface area contributed by atoms with Crippen LogP contribution in [0.3, 0.4) is 0 Å². The number of benzene rings is 1. The van der Waals surface area contributed by atoms with Crippen molar-refractivity contribution >= 4 is 11.6 Å². The number of nitrogens with one attached hydrogen (secondary N) is 1. The van der Waals surface area contributed by atoms with Crippen molar-refractivity contribution in [3.8, 4) is 11.7 Å². The van der Waals surface area contributed by atoms with Crippen LogP contribution in [0, 0.1) is 13.8 Å². The summed E-state index contributed by atoms with van der Waals surface area (Å²) in [4.78, 5) is 21.2. The first-order chi connectivity index (χ1) is 12.1. The van der Waals surface area contributed by atoms with Crippen molar-refractivity contribution < 1.29 is 9.53 Å². The third kappa shape index (κ3) is 3.65. The molecular weight excluding hydrogens is 318 g/mol. The smallest absolute Gasteiger partial charge is 0.316 e. The van der Waals surface area contributed by atoms with E-state index < -0.39 is 0 Å². The number of nitrogens with zero attached hydrogens (tertiary/aromatic N) is 4. The highest BCUT2D eigenvalue weighted by Gasteiger charge is 2.14. The van der Waals surface area contributed by atoms with Gasteiger partial charge in [-0.25, -0.2) is 4.68 Å². The van der Waals surface area contributed by atoms with Gasteiger partial charge in [0.15, 0.2) is 0 Å². The van der Waals surface area contributed by atoms with Gasteiger partial charge in [-0.05, 0) is 45.0 Å². The van der Waals surface area contributed by atoms with E-state index in [9.17, 15) is 4.79 Å². The molecular formula is C18H19N5O2. The summed E-state index contributed by atoms with van der Waals surface area (Å²) in [6, 6.07) is 9.39. The van der Waals surface area contributed by atoms with Gasteiger partial charge < -0.3 is 10.1 Å². The van der Waals surface area contributed by atoms with Crippen LogP contribution in [0.5, 0.6) is 6.01 Å². The highest BCUT2D eigenvalue weighted by atomic mass is 16.5. The molecule has 128 valence electrons. The molecule has 3 aromatic rings. The Bertz CT molecular complexity index is 867. The Labute approximate surface area is 145 Å². The molecule has 25 heavy (non-hydrogen) atoms. The summed E-state index contributed by atoms with van der Waals surface area (Å²) in [5.41, 5.74) is 3.26. The second-order valence-electron chi connectivity index (χ2n) is 5.44. The summed E-state index contributed by atoms with van der Waals surface area (Å²) in [5.74, 6) is -0.229. The number of carbonyl (C=O) groups is 1. The van der Waals surface area contributed by atoms with Crippen LogP contribution in [0.15, 0.2) is 42.7 Å². The van der Waals surface area contributed by atoms with Gasteiger partial charge in [-0.15, -0.1) is 0 Å². The fraction of sp³-hybridized carbons (Fsp3) is 0.222. The van der Waals surface area contributed by atoms with E-state index in [1.807, 2.05) is 45.2 Å². The molecule has 3 rings (SSSR count). The van der Waals surface area contributed by atoms with Crippen LogP contribution < -0.4 is 10.1 Å². The molecule has 1 amide bonds. The molecule has 0 aliphatic rings. The third-order valence-electron chi connectivity index (χ3n) is 3.64. The molecule has 0 fully saturated rings. The second kappa shape index (κ2) is 7.12. The maximum atomic E-state index is 12.6. The molecule has 0 radical (unpaired) electrons. The molecule has 7 nitrogen and oxygen atoms in total. The van der Waals surface area contributed by atoms with E-state index in [0.717, 1.165) is 5.69 Å². The molecule has 0 unspecified atom stereocenters. The van der Waals surface area contributed by atoms with E-state index in [1.165, 1.54) is 0 Å². The Morgan fingerprint density at radius 1 is 1.20 bits per heavy atom. The van der Waals surface area contributed by atoms with Gasteiger partial charge in [0.1, 0.15) is 0 Å². The number of ether oxygens (including phenoxy) is 1. The van der Waals surface area contributed by atoms with Crippen molar-refractivity contribution in [3.05, 3.63) is 59.7 Å². The van der Waals surface area contributed by atoms with Crippen molar-refractivity contribution in [2.45, 2.75) is 20.8 Å². The van der Waals surface area contributed by atoms with Crippen LogP contribution in [0.2, 0.25) is 0 Å². The van der Waals surface area contributed by atoms with Crippen molar-refractivity contribution in [1.29, 1.82) is 0 Å². The molecule has 0 aliphatic carbocycles. The van der Waals surface area contributed by atoms with Crippen LogP contribution in [0.1, 0.15) is 28.7 Å². The molecule has 2 aromatic heterocycles. The lowest BCUT2D eigenvalue weighted by Crippen LogP contribution is -2.16. The minimum atomic E-state index is -0.229. The fourth-order valence-electron chi connectivity index (χ4n) is 2.46. The van der Waals surface area contributed by atoms with E-state index in [1.54, 1.807) is 23.0 Å². The SMILES string of the molecule is CCOc1nc(C)c(NC(=O)c2cccc(-n3cccn3)c2)c(C)n1. The molecule has 2 heterocycles. The zero-order valence-corrected chi connectivity index (χ0v) is 14.4. The number of aryl methyl sites for hydroxylation is 2. The topological polar surface area (TPSA) is 81.9 Å². The van der Waals surface area contributed by atoms with Crippen molar-refractivity contribution in [2.24, 2.45) is 0 Å². The molecule has 0 aliphatic heterocycles. The zero-order valence-electron chi connectivity index (χ0n) is 14.4. The maximum absolute atomic E-state index is 12.6. The van der Waals surface area contributed by atoms with Crippen molar-refractivity contribution in [1.82, 2.24) is 19.7 Å². The van der Waals surface area contributed by atoms with Gasteiger partial charge in [-0.3, -0.25) is 4.79 Å². The van der Waals surface area contributed by atoms with Gasteiger partial charge in [0.25, 0.3) is 5.91 Å². The Balaban J connectivity index is 1.84. The fourth-order valence-corrected chi connectivity index (χ4v) is 2.46. The summed E-state index contributed by atoms with van der Waals surface area (Å²) in [7, 11) is 0. The lowest BCUT2D eigenvalue weighted by Gasteiger charge is -2.12. The number of aromatic nitrogens is 4. The summed E-state index contributed by atoms with van der Waals surface area (Å²) >= 11 is 0. The Kier molecular flexibility index (Phi) is 4.74. The lowest BCUT2D eigenvalue weighted by molar-refractivity contribution is 0.102. The lowest BCUT2D eigenvalue weighted by atomic mass is 10.1. The zero-order chi connectivity index (χ0) is 17.8. The number of hydrogen-bond donors (Lipinski definition) is 1. The summed E-state index contributed by atoms with van der Waals surface area (Å²) in [6.45, 7) is 5.99. The number of carbonyl (C=O) groups excluding carboxylic acids is 1. The van der Waals surface area contributed by atoms with Crippen LogP contribution in [-0.2, 0) is 0 Å². The Morgan fingerprint density at radius 3 is 2.60 bits per heavy atom. The average molecular weight is 337 g/mol. The molecule has 0 saturated heterocycles. The first-order valence-corrected chi connectivity index (χ1v) is 7.98. The minimum absolute atomic E-state index is 0.229. The van der Waals surface area contributed by atoms with E-state index in [2.05, 4.69) is 20.4 Å². The van der Waals surface area contributed by atoms with Crippen LogP contribution >= 0.6 is 0 Å². The predicted molar refractivity (Wildman–Crippen MR) is 94.2 cm³/mol. The monoisotopic (exact) mass is 337 g/mol. The summed E-state index contributed by atoms with van der Waals surface area (Å²) < 4.78 is 7.03. The second-order valence-corrected chi connectivity index (χ2v) is 5.44. The quantitative estimate of drug-likeness (QED) is 0.774. The van der Waals surface area contributed by atoms with E-state index in [-0.39, 0.29) is 5.91 Å². The number of rotatable bonds is 5. The van der Waals surface area contributed by atoms with Gasteiger partial charge in [-0.1, -0.05) is 6.07 Å². The van der Waals surface area contributed by atoms with Crippen LogP contribution in [-0.4, -0.2) is 32.3 Å². The molecule has 7 heteroatoms. The van der Waals surface area contributed by atoms with E-state index in [0.29, 0.717) is 35.3 Å². The number of anilines is 1. The first-order valence-electron chi connectivity index (χ1n) is 7.98. The molecule has 0 spiro atoms. The van der Waals surface area contributed by atoms with Gasteiger partial charge in [0.05, 0.1) is 29.4 Å². The van der Waals surface area contributed by atoms with Crippen molar-refractivity contribution in [2.75, 3.05) is 11.9 Å². The summed E-state index contributed by atoms with van der Waals surface area (Å²) in [5, 5.41) is 7.06. The average Bonchev–Trinajstić information content (AvgIpc) is 3.13. The minimum Gasteiger partial charge on any atom is -0.464 e. The van der Waals surface area contributed by atoms with Crippen LogP contribution in [0.25, 0.3) is 5.69 Å². The van der Waals surface area contributed by atoms with Crippen LogP contribution in [0.4, 0.5) is 5.69 Å². The summed E-state index contributed by atoms with van der Waals surface area (Å²) in [6.07, 6.45) is 3.52. The highest BCUT2D eigenvalue weighted by molar-refractivity contribution is 6.05. The molecule has 0 saturated carbocycles. The predicted octanol–water partition coefficient (Wildman–Crippen LogP) is 2.93. The molecule has 1 aromatic carbocycles. The van der Waals surface area contributed by atoms with E-state index >= 15 is 0 Å². The van der Waals surface area contributed by atoms with Gasteiger partial charge in [-0.2, -0.15) is 15.1 Å². The third-order valence-corrected chi connectivity index (χ3v) is 3.64. The largest absolute Gasteiger partial charge is 0.464 e. The van der Waals surface area contributed by atoms with E-state index in [4.69, 9.17) is 4.74 Å². The standard InChI is InChI=1S/C18H19N5O2/c1-4-25-18-20-12(2)16(13(3)21-18)22-17(24)14-7-5-8-15(11-14)23-10-6-9-19-23/h5-11H,4H2,1-3H3,(H,22,24). The van der Waals surface area contributed by atoms with Gasteiger partial charge in [0.2, 0.25) is 0 Å². The highest BCUT2D eigenvalue weighted by Crippen LogP contribution is 2.21. The molecule has 0 bridgehead atoms. The Hall–Kier alpha value is -3.22. The Morgan fingerprint density at radius 2 is 1.96 bits per heavy atom. The molecule has 1 N–H and O–H groups in total.